The summed E-state index contributed by atoms with van der Waals surface area (Å²) in [4.78, 5) is 38.1. The Morgan fingerprint density at radius 1 is 0.318 bits per heavy atom. The van der Waals surface area contributed by atoms with Crippen molar-refractivity contribution in [2.24, 2.45) is 0 Å². The van der Waals surface area contributed by atoms with E-state index < -0.39 is 6.10 Å². The Bertz CT molecular complexity index is 1240. The Kier molecular flexibility index (Phi) is 51.9. The minimum absolute atomic E-state index is 0.0913. The Morgan fingerprint density at radius 3 is 0.985 bits per heavy atom. The van der Waals surface area contributed by atoms with E-state index in [-0.39, 0.29) is 37.5 Å². The van der Waals surface area contributed by atoms with E-state index in [1.165, 1.54) is 141 Å². The van der Waals surface area contributed by atoms with Crippen LogP contribution >= 0.6 is 0 Å². The fourth-order valence-electron chi connectivity index (χ4n) is 7.76. The maximum absolute atomic E-state index is 12.8. The molecule has 0 saturated heterocycles. The van der Waals surface area contributed by atoms with Crippen LogP contribution in [-0.2, 0) is 28.6 Å². The summed E-state index contributed by atoms with van der Waals surface area (Å²) in [5.41, 5.74) is 0. The zero-order chi connectivity index (χ0) is 47.9. The van der Waals surface area contributed by atoms with Crippen LogP contribution in [-0.4, -0.2) is 37.2 Å². The molecule has 66 heavy (non-hydrogen) atoms. The Hall–Kier alpha value is -3.15. The number of carbonyl (C=O) groups is 3. The quantitative estimate of drug-likeness (QED) is 0.0262. The summed E-state index contributed by atoms with van der Waals surface area (Å²) in [6.07, 6.45) is 68.9. The van der Waals surface area contributed by atoms with Crippen LogP contribution in [0, 0.1) is 0 Å². The van der Waals surface area contributed by atoms with Gasteiger partial charge in [0.05, 0.1) is 0 Å². The predicted octanol–water partition coefficient (Wildman–Crippen LogP) is 18.6. The monoisotopic (exact) mass is 921 g/mol. The molecule has 1 atom stereocenters. The fraction of sp³-hybridized carbons (Fsp3) is 0.750. The van der Waals surface area contributed by atoms with E-state index in [0.29, 0.717) is 19.3 Å². The predicted molar refractivity (Wildman–Crippen MR) is 284 cm³/mol. The topological polar surface area (TPSA) is 78.9 Å². The normalized spacial score (nSPS) is 12.6. The summed E-state index contributed by atoms with van der Waals surface area (Å²) >= 11 is 0. The van der Waals surface area contributed by atoms with Crippen LogP contribution in [0.5, 0.6) is 0 Å². The van der Waals surface area contributed by atoms with Crippen molar-refractivity contribution >= 4 is 17.9 Å². The average Bonchev–Trinajstić information content (AvgIpc) is 3.31. The second kappa shape index (κ2) is 54.5. The van der Waals surface area contributed by atoms with Gasteiger partial charge in [-0.05, 0) is 89.9 Å². The van der Waals surface area contributed by atoms with Gasteiger partial charge in [-0.15, -0.1) is 0 Å². The average molecular weight is 921 g/mol. The lowest BCUT2D eigenvalue weighted by Crippen LogP contribution is -2.30. The Balaban J connectivity index is 4.41. The molecule has 0 rings (SSSR count). The van der Waals surface area contributed by atoms with Gasteiger partial charge in [0, 0.05) is 19.3 Å². The zero-order valence-corrected chi connectivity index (χ0v) is 43.4. The van der Waals surface area contributed by atoms with Crippen molar-refractivity contribution in [3.63, 3.8) is 0 Å². The van der Waals surface area contributed by atoms with Crippen LogP contribution in [0.3, 0.4) is 0 Å². The summed E-state index contributed by atoms with van der Waals surface area (Å²) in [5.74, 6) is -0.930. The third-order valence-corrected chi connectivity index (χ3v) is 11.9. The standard InChI is InChI=1S/C60H104O6/c1-4-7-10-13-16-19-22-25-28-29-30-31-33-35-38-41-44-47-50-53-59(62)65-56-57(55-64-58(61)52-49-46-43-40-37-34-27-24-21-18-15-12-9-6-3)66-60(63)54-51-48-45-42-39-36-32-26-23-20-17-14-11-8-5-2/h8,11,16-17,19-20,25-26,28,32,39,42,57H,4-7,9-10,12-15,18,21-24,27,29-31,33-38,40-41,43-56H2,1-3H3/b11-8-,19-16-,20-17-,28-25-,32-26-,42-39-/t57-/m1/s1. The maximum atomic E-state index is 12.8. The number of hydrogen-bond donors (Lipinski definition) is 0. The van der Waals surface area contributed by atoms with Gasteiger partial charge in [-0.1, -0.05) is 235 Å². The van der Waals surface area contributed by atoms with Crippen LogP contribution in [0.1, 0.15) is 271 Å². The van der Waals surface area contributed by atoms with Gasteiger partial charge in [0.15, 0.2) is 6.10 Å². The van der Waals surface area contributed by atoms with Gasteiger partial charge in [-0.3, -0.25) is 14.4 Å². The second-order valence-corrected chi connectivity index (χ2v) is 18.5. The maximum Gasteiger partial charge on any atom is 0.306 e. The minimum atomic E-state index is -0.797. The van der Waals surface area contributed by atoms with Gasteiger partial charge in [0.2, 0.25) is 0 Å². The van der Waals surface area contributed by atoms with Crippen molar-refractivity contribution in [1.82, 2.24) is 0 Å². The molecule has 0 unspecified atom stereocenters. The van der Waals surface area contributed by atoms with Crippen molar-refractivity contribution in [2.45, 2.75) is 277 Å². The van der Waals surface area contributed by atoms with Gasteiger partial charge >= 0.3 is 17.9 Å². The van der Waals surface area contributed by atoms with Crippen LogP contribution in [0.4, 0.5) is 0 Å². The number of ether oxygens (including phenoxy) is 3. The number of allylic oxidation sites excluding steroid dienone is 12. The fourth-order valence-corrected chi connectivity index (χ4v) is 7.76. The highest BCUT2D eigenvalue weighted by Crippen LogP contribution is 2.15. The lowest BCUT2D eigenvalue weighted by atomic mass is 10.0. The van der Waals surface area contributed by atoms with E-state index in [9.17, 15) is 14.4 Å². The first-order valence-corrected chi connectivity index (χ1v) is 27.9. The Morgan fingerprint density at radius 2 is 0.591 bits per heavy atom. The first kappa shape index (κ1) is 62.8. The molecule has 0 aliphatic rings. The highest BCUT2D eigenvalue weighted by Gasteiger charge is 2.19. The lowest BCUT2D eigenvalue weighted by Gasteiger charge is -2.18. The highest BCUT2D eigenvalue weighted by atomic mass is 16.6. The summed E-state index contributed by atoms with van der Waals surface area (Å²) < 4.78 is 16.8. The molecule has 0 fully saturated rings. The third-order valence-electron chi connectivity index (χ3n) is 11.9. The van der Waals surface area contributed by atoms with Crippen LogP contribution in [0.15, 0.2) is 72.9 Å². The largest absolute Gasteiger partial charge is 0.462 e. The van der Waals surface area contributed by atoms with Gasteiger partial charge < -0.3 is 14.2 Å². The van der Waals surface area contributed by atoms with Gasteiger partial charge in [0.25, 0.3) is 0 Å². The third kappa shape index (κ3) is 51.8. The van der Waals surface area contributed by atoms with Crippen molar-refractivity contribution in [2.75, 3.05) is 13.2 Å². The number of rotatable bonds is 50. The first-order chi connectivity index (χ1) is 32.5. The van der Waals surface area contributed by atoms with E-state index in [1.54, 1.807) is 0 Å². The molecule has 0 aliphatic heterocycles. The van der Waals surface area contributed by atoms with Gasteiger partial charge in [0.1, 0.15) is 13.2 Å². The van der Waals surface area contributed by atoms with Crippen molar-refractivity contribution < 1.29 is 28.6 Å². The molecule has 6 heteroatoms. The molecule has 6 nitrogen and oxygen atoms in total. The molecule has 0 aromatic heterocycles. The SMILES string of the molecule is CC/C=C\C/C=C\C/C=C\C/C=C\CCCCC(=O)O[C@@H](COC(=O)CCCCCCCCCCC/C=C\C/C=C\CCCCC)COC(=O)CCCCCCCCCCCCCCCC. The van der Waals surface area contributed by atoms with Crippen LogP contribution < -0.4 is 0 Å². The minimum Gasteiger partial charge on any atom is -0.462 e. The van der Waals surface area contributed by atoms with Gasteiger partial charge in [-0.2, -0.15) is 0 Å². The van der Waals surface area contributed by atoms with Crippen molar-refractivity contribution in [1.29, 1.82) is 0 Å². The molecular formula is C60H104O6. The summed E-state index contributed by atoms with van der Waals surface area (Å²) in [7, 11) is 0. The smallest absolute Gasteiger partial charge is 0.306 e. The molecule has 380 valence electrons. The molecule has 0 saturated carbocycles. The molecular weight excluding hydrogens is 817 g/mol. The molecule has 0 aromatic rings. The Labute approximate surface area is 408 Å². The molecule has 0 N–H and O–H groups in total. The van der Waals surface area contributed by atoms with Gasteiger partial charge in [-0.25, -0.2) is 0 Å². The molecule has 0 radical (unpaired) electrons. The first-order valence-electron chi connectivity index (χ1n) is 27.9. The number of carbonyl (C=O) groups excluding carboxylic acids is 3. The summed E-state index contributed by atoms with van der Waals surface area (Å²) in [6.45, 7) is 6.48. The van der Waals surface area contributed by atoms with E-state index >= 15 is 0 Å². The lowest BCUT2D eigenvalue weighted by molar-refractivity contribution is -0.167. The summed E-state index contributed by atoms with van der Waals surface area (Å²) in [5, 5.41) is 0. The summed E-state index contributed by atoms with van der Waals surface area (Å²) in [6, 6.07) is 0. The van der Waals surface area contributed by atoms with E-state index in [1.807, 2.05) is 0 Å². The van der Waals surface area contributed by atoms with E-state index in [2.05, 4.69) is 93.7 Å². The molecule has 0 spiro atoms. The number of unbranched alkanes of at least 4 members (excludes halogenated alkanes) is 27. The van der Waals surface area contributed by atoms with Crippen LogP contribution in [0.25, 0.3) is 0 Å². The van der Waals surface area contributed by atoms with E-state index in [4.69, 9.17) is 14.2 Å². The zero-order valence-electron chi connectivity index (χ0n) is 43.4. The number of esters is 3. The van der Waals surface area contributed by atoms with E-state index in [0.717, 1.165) is 83.5 Å². The highest BCUT2D eigenvalue weighted by molar-refractivity contribution is 5.71. The second-order valence-electron chi connectivity index (χ2n) is 18.5. The molecule has 0 amide bonds. The van der Waals surface area contributed by atoms with Crippen molar-refractivity contribution in [3.8, 4) is 0 Å². The van der Waals surface area contributed by atoms with Crippen molar-refractivity contribution in [3.05, 3.63) is 72.9 Å². The molecule has 0 aliphatic carbocycles. The molecule has 0 aromatic carbocycles. The molecule has 0 heterocycles. The molecule has 0 bridgehead atoms. The number of hydrogen-bond acceptors (Lipinski definition) is 6. The van der Waals surface area contributed by atoms with Crippen LogP contribution in [0.2, 0.25) is 0 Å².